The van der Waals surface area contributed by atoms with Gasteiger partial charge in [-0.2, -0.15) is 5.10 Å². The maximum atomic E-state index is 5.93. The first-order valence-electron chi connectivity index (χ1n) is 9.66. The van der Waals surface area contributed by atoms with E-state index in [1.54, 1.807) is 30.1 Å². The predicted octanol–water partition coefficient (Wildman–Crippen LogP) is 5.41. The zero-order valence-corrected chi connectivity index (χ0v) is 18.0. The molecule has 1 N–H and O–H groups in total. The van der Waals surface area contributed by atoms with Gasteiger partial charge < -0.3 is 4.74 Å². The molecule has 0 saturated heterocycles. The fourth-order valence-electron chi connectivity index (χ4n) is 2.83. The molecule has 1 aromatic carbocycles. The van der Waals surface area contributed by atoms with E-state index in [2.05, 4.69) is 52.3 Å². The molecule has 3 heterocycles. The second kappa shape index (κ2) is 8.59. The van der Waals surface area contributed by atoms with Crippen LogP contribution in [0.15, 0.2) is 66.2 Å². The van der Waals surface area contributed by atoms with Crippen molar-refractivity contribution in [3.63, 3.8) is 0 Å². The number of fused-ring (bicyclic) bond motifs is 1. The number of anilines is 1. The lowest BCUT2D eigenvalue weighted by Crippen LogP contribution is -2.07. The molecular weight excluding hydrogens is 394 g/mol. The fraction of sp³-hybridized carbons (Fsp3) is 0.217. The summed E-state index contributed by atoms with van der Waals surface area (Å²) in [5.74, 6) is 1.34. The summed E-state index contributed by atoms with van der Waals surface area (Å²) in [6.45, 7) is 7.04. The number of benzene rings is 1. The Morgan fingerprint density at radius 2 is 1.90 bits per heavy atom. The Labute approximate surface area is 179 Å². The molecule has 6 nitrogen and oxygen atoms in total. The number of hydrogen-bond acceptors (Lipinski definition) is 7. The van der Waals surface area contributed by atoms with Crippen molar-refractivity contribution in [2.45, 2.75) is 32.8 Å². The lowest BCUT2D eigenvalue weighted by atomic mass is 9.94. The van der Waals surface area contributed by atoms with E-state index in [4.69, 9.17) is 4.74 Å². The van der Waals surface area contributed by atoms with E-state index in [1.807, 2.05) is 42.5 Å². The van der Waals surface area contributed by atoms with Gasteiger partial charge in [-0.25, -0.2) is 9.97 Å². The van der Waals surface area contributed by atoms with Gasteiger partial charge in [-0.3, -0.25) is 10.4 Å². The van der Waals surface area contributed by atoms with Crippen LogP contribution in [-0.2, 0) is 12.0 Å². The molecule has 0 radical (unpaired) electrons. The molecular formula is C23H23N5OS. The highest BCUT2D eigenvalue weighted by Crippen LogP contribution is 2.35. The zero-order valence-electron chi connectivity index (χ0n) is 17.2. The van der Waals surface area contributed by atoms with Crippen molar-refractivity contribution < 1.29 is 4.74 Å². The molecule has 0 aliphatic heterocycles. The second-order valence-electron chi connectivity index (χ2n) is 7.83. The Bertz CT molecular complexity index is 1170. The first-order valence-corrected chi connectivity index (χ1v) is 10.5. The van der Waals surface area contributed by atoms with Crippen LogP contribution in [-0.4, -0.2) is 21.2 Å². The van der Waals surface area contributed by atoms with E-state index in [0.717, 1.165) is 15.8 Å². The number of nitrogens with zero attached hydrogens (tertiary/aromatic N) is 4. The third-order valence-corrected chi connectivity index (χ3v) is 5.93. The number of hydrazone groups is 1. The highest BCUT2D eigenvalue weighted by molar-refractivity contribution is 7.18. The van der Waals surface area contributed by atoms with Gasteiger partial charge in [0.1, 0.15) is 29.2 Å². The molecule has 0 spiro atoms. The van der Waals surface area contributed by atoms with Crippen molar-refractivity contribution in [1.82, 2.24) is 15.0 Å². The lowest BCUT2D eigenvalue weighted by molar-refractivity contribution is 0.304. The maximum Gasteiger partial charge on any atom is 0.158 e. The Morgan fingerprint density at radius 3 is 2.70 bits per heavy atom. The molecule has 3 aromatic heterocycles. The van der Waals surface area contributed by atoms with Crippen molar-refractivity contribution in [2.24, 2.45) is 5.10 Å². The van der Waals surface area contributed by atoms with Crippen LogP contribution in [0.25, 0.3) is 10.2 Å². The average Bonchev–Trinajstić information content (AvgIpc) is 3.20. The van der Waals surface area contributed by atoms with E-state index >= 15 is 0 Å². The Balaban J connectivity index is 1.51. The molecule has 4 aromatic rings. The summed E-state index contributed by atoms with van der Waals surface area (Å²) in [6, 6.07) is 15.9. The maximum absolute atomic E-state index is 5.93. The third-order valence-electron chi connectivity index (χ3n) is 4.46. The van der Waals surface area contributed by atoms with Crippen molar-refractivity contribution >= 4 is 33.6 Å². The van der Waals surface area contributed by atoms with Crippen molar-refractivity contribution in [3.8, 4) is 5.75 Å². The highest BCUT2D eigenvalue weighted by Gasteiger charge is 2.18. The van der Waals surface area contributed by atoms with Crippen LogP contribution >= 0.6 is 11.3 Å². The molecule has 152 valence electrons. The van der Waals surface area contributed by atoms with Crippen LogP contribution in [0.3, 0.4) is 0 Å². The van der Waals surface area contributed by atoms with Crippen molar-refractivity contribution in [1.29, 1.82) is 0 Å². The molecule has 0 fully saturated rings. The Hall–Kier alpha value is -3.32. The Kier molecular flexibility index (Phi) is 5.72. The molecule has 0 bridgehead atoms. The summed E-state index contributed by atoms with van der Waals surface area (Å²) < 4.78 is 5.93. The zero-order chi connectivity index (χ0) is 21.0. The molecule has 0 aliphatic carbocycles. The van der Waals surface area contributed by atoms with Gasteiger partial charge in [-0.1, -0.05) is 51.1 Å². The summed E-state index contributed by atoms with van der Waals surface area (Å²) in [5.41, 5.74) is 4.83. The largest absolute Gasteiger partial charge is 0.487 e. The molecule has 0 aliphatic rings. The van der Waals surface area contributed by atoms with Gasteiger partial charge in [0.2, 0.25) is 0 Å². The number of thiophene rings is 1. The van der Waals surface area contributed by atoms with E-state index < -0.39 is 0 Å². The van der Waals surface area contributed by atoms with Crippen molar-refractivity contribution in [3.05, 3.63) is 77.2 Å². The normalized spacial score (nSPS) is 11.8. The number of hydrogen-bond donors (Lipinski definition) is 1. The van der Waals surface area contributed by atoms with Gasteiger partial charge in [-0.05, 0) is 29.2 Å². The van der Waals surface area contributed by atoms with Gasteiger partial charge in [0.15, 0.2) is 5.82 Å². The molecule has 30 heavy (non-hydrogen) atoms. The topological polar surface area (TPSA) is 72.3 Å². The number of aromatic nitrogens is 3. The molecule has 0 amide bonds. The van der Waals surface area contributed by atoms with Crippen LogP contribution in [0.2, 0.25) is 0 Å². The van der Waals surface area contributed by atoms with E-state index in [1.165, 1.54) is 4.88 Å². The molecule has 0 saturated carbocycles. The number of rotatable bonds is 6. The van der Waals surface area contributed by atoms with Crippen molar-refractivity contribution in [2.75, 3.05) is 5.43 Å². The lowest BCUT2D eigenvalue weighted by Gasteiger charge is -2.14. The first-order chi connectivity index (χ1) is 14.5. The van der Waals surface area contributed by atoms with Crippen LogP contribution < -0.4 is 10.2 Å². The van der Waals surface area contributed by atoms with E-state index in [-0.39, 0.29) is 5.41 Å². The molecule has 0 unspecified atom stereocenters. The number of nitrogens with one attached hydrogen (secondary N) is 1. The van der Waals surface area contributed by atoms with Crippen LogP contribution in [0.1, 0.15) is 36.9 Å². The van der Waals surface area contributed by atoms with E-state index in [0.29, 0.717) is 23.9 Å². The minimum atomic E-state index is 0.0604. The highest BCUT2D eigenvalue weighted by atomic mass is 32.1. The summed E-state index contributed by atoms with van der Waals surface area (Å²) in [6.07, 6.45) is 4.91. The van der Waals surface area contributed by atoms with E-state index in [9.17, 15) is 0 Å². The van der Waals surface area contributed by atoms with Gasteiger partial charge in [0.25, 0.3) is 0 Å². The van der Waals surface area contributed by atoms with Crippen LogP contribution in [0, 0.1) is 0 Å². The summed E-state index contributed by atoms with van der Waals surface area (Å²) in [4.78, 5) is 15.3. The SMILES string of the molecule is CC(C)(C)c1cc2c(NN=Cc3ncccc3OCc3ccccc3)ncnc2s1. The van der Waals surface area contributed by atoms with Crippen LogP contribution in [0.4, 0.5) is 5.82 Å². The number of pyridine rings is 1. The summed E-state index contributed by atoms with van der Waals surface area (Å²) in [5, 5.41) is 5.31. The fourth-order valence-corrected chi connectivity index (χ4v) is 3.88. The second-order valence-corrected chi connectivity index (χ2v) is 8.86. The minimum absolute atomic E-state index is 0.0604. The average molecular weight is 418 g/mol. The standard InChI is InChI=1S/C23H23N5OS/c1-23(2,3)20-12-17-21(25-15-26-22(17)30-20)28-27-13-18-19(10-7-11-24-18)29-14-16-8-5-4-6-9-16/h4-13,15H,14H2,1-3H3,(H,25,26,28). The predicted molar refractivity (Wildman–Crippen MR) is 122 cm³/mol. The molecule has 7 heteroatoms. The van der Waals surface area contributed by atoms with Gasteiger partial charge >= 0.3 is 0 Å². The van der Waals surface area contributed by atoms with Gasteiger partial charge in [0, 0.05) is 11.1 Å². The smallest absolute Gasteiger partial charge is 0.158 e. The quantitative estimate of drug-likeness (QED) is 0.335. The molecule has 4 rings (SSSR count). The third kappa shape index (κ3) is 4.63. The molecule has 0 atom stereocenters. The Morgan fingerprint density at radius 1 is 1.07 bits per heavy atom. The summed E-state index contributed by atoms with van der Waals surface area (Å²) in [7, 11) is 0. The monoisotopic (exact) mass is 417 g/mol. The van der Waals surface area contributed by atoms with Crippen LogP contribution in [0.5, 0.6) is 5.75 Å². The van der Waals surface area contributed by atoms with Gasteiger partial charge in [0.05, 0.1) is 11.6 Å². The summed E-state index contributed by atoms with van der Waals surface area (Å²) >= 11 is 1.68. The number of ether oxygens (including phenoxy) is 1. The van der Waals surface area contributed by atoms with Gasteiger partial charge in [-0.15, -0.1) is 11.3 Å². The minimum Gasteiger partial charge on any atom is -0.487 e. The first kappa shape index (κ1) is 20.0.